The summed E-state index contributed by atoms with van der Waals surface area (Å²) >= 11 is 0. The van der Waals surface area contributed by atoms with Crippen LogP contribution in [0.3, 0.4) is 0 Å². The number of esters is 1. The Bertz CT molecular complexity index is 1390. The maximum atomic E-state index is 13.8. The van der Waals surface area contributed by atoms with Crippen LogP contribution in [0.1, 0.15) is 33.8 Å². The molecule has 6 nitrogen and oxygen atoms in total. The van der Waals surface area contributed by atoms with Gasteiger partial charge < -0.3 is 14.5 Å². The summed E-state index contributed by atoms with van der Waals surface area (Å²) in [6.45, 7) is -0.534. The predicted molar refractivity (Wildman–Crippen MR) is 122 cm³/mol. The largest absolute Gasteiger partial charge is 0.465 e. The Morgan fingerprint density at radius 1 is 1.06 bits per heavy atom. The third kappa shape index (κ3) is 4.13. The lowest BCUT2D eigenvalue weighted by atomic mass is 10.0. The van der Waals surface area contributed by atoms with E-state index >= 15 is 0 Å². The molecule has 164 valence electrons. The van der Waals surface area contributed by atoms with E-state index in [0.717, 1.165) is 16.8 Å². The smallest absolute Gasteiger partial charge is 0.339 e. The highest BCUT2D eigenvalue weighted by molar-refractivity contribution is 6.07. The van der Waals surface area contributed by atoms with Gasteiger partial charge in [-0.2, -0.15) is 0 Å². The normalized spacial score (nSPS) is 13.8. The summed E-state index contributed by atoms with van der Waals surface area (Å²) in [5.41, 5.74) is 3.57. The Morgan fingerprint density at radius 3 is 2.70 bits per heavy atom. The number of rotatable bonds is 5. The average Bonchev–Trinajstić information content (AvgIpc) is 3.48. The van der Waals surface area contributed by atoms with Crippen LogP contribution in [0.25, 0.3) is 22.6 Å². The van der Waals surface area contributed by atoms with Gasteiger partial charge in [0.2, 0.25) is 0 Å². The van der Waals surface area contributed by atoms with Gasteiger partial charge >= 0.3 is 5.97 Å². The van der Waals surface area contributed by atoms with Gasteiger partial charge in [-0.05, 0) is 60.4 Å². The zero-order chi connectivity index (χ0) is 22.8. The van der Waals surface area contributed by atoms with Gasteiger partial charge in [0.15, 0.2) is 6.61 Å². The van der Waals surface area contributed by atoms with Crippen LogP contribution in [0.5, 0.6) is 0 Å². The first-order valence-electron chi connectivity index (χ1n) is 10.5. The van der Waals surface area contributed by atoms with Crippen molar-refractivity contribution in [2.24, 2.45) is 0 Å². The number of amides is 1. The van der Waals surface area contributed by atoms with Gasteiger partial charge in [-0.3, -0.25) is 4.79 Å². The van der Waals surface area contributed by atoms with Crippen LogP contribution in [-0.2, 0) is 16.0 Å². The standard InChI is InChI=1S/C26H19FN2O4/c27-20-8-2-4-10-22(20)28-23(30)15-33-26(31)24-18-7-1-3-9-21(18)29-25-16(11-12-19(24)25)14-17-6-5-13-32-17/h1-10,13-14H,11-12,15H2,(H,28,30)/b16-14+. The summed E-state index contributed by atoms with van der Waals surface area (Å²) in [5, 5.41) is 3.08. The van der Waals surface area contributed by atoms with E-state index in [0.29, 0.717) is 35.1 Å². The molecule has 2 aromatic carbocycles. The second-order valence-corrected chi connectivity index (χ2v) is 7.62. The highest BCUT2D eigenvalue weighted by Crippen LogP contribution is 2.37. The minimum Gasteiger partial charge on any atom is -0.465 e. The zero-order valence-electron chi connectivity index (χ0n) is 17.5. The lowest BCUT2D eigenvalue weighted by molar-refractivity contribution is -0.119. The number of benzene rings is 2. The SMILES string of the molecule is O=C(COC(=O)c1c2c(nc3ccccc13)/C(=C/c1ccco1)CC2)Nc1ccccc1F. The Hall–Kier alpha value is -4.26. The molecule has 0 saturated heterocycles. The monoisotopic (exact) mass is 442 g/mol. The summed E-state index contributed by atoms with van der Waals surface area (Å²) < 4.78 is 24.5. The first-order chi connectivity index (χ1) is 16.1. The minimum atomic E-state index is -0.623. The maximum absolute atomic E-state index is 13.8. The fourth-order valence-corrected chi connectivity index (χ4v) is 4.01. The van der Waals surface area contributed by atoms with Crippen LogP contribution >= 0.6 is 0 Å². The number of hydrogen-bond donors (Lipinski definition) is 1. The number of allylic oxidation sites excluding steroid dienone is 1. The third-order valence-electron chi connectivity index (χ3n) is 5.49. The quantitative estimate of drug-likeness (QED) is 0.427. The fraction of sp³-hybridized carbons (Fsp3) is 0.115. The molecule has 0 spiro atoms. The minimum absolute atomic E-state index is 0.0292. The van der Waals surface area contributed by atoms with Crippen LogP contribution < -0.4 is 5.32 Å². The molecule has 1 aliphatic rings. The number of furan rings is 1. The molecule has 1 aliphatic carbocycles. The molecule has 0 atom stereocenters. The van der Waals surface area contributed by atoms with Gasteiger partial charge in [-0.15, -0.1) is 0 Å². The fourth-order valence-electron chi connectivity index (χ4n) is 4.01. The van der Waals surface area contributed by atoms with Crippen LogP contribution in [-0.4, -0.2) is 23.5 Å². The lowest BCUT2D eigenvalue weighted by Gasteiger charge is -2.12. The molecule has 0 unspecified atom stereocenters. The van der Waals surface area contributed by atoms with Gasteiger partial charge in [0.25, 0.3) is 5.91 Å². The molecule has 2 heterocycles. The van der Waals surface area contributed by atoms with Crippen LogP contribution in [0.2, 0.25) is 0 Å². The van der Waals surface area contributed by atoms with Crippen molar-refractivity contribution < 1.29 is 23.1 Å². The van der Waals surface area contributed by atoms with Gasteiger partial charge in [-0.25, -0.2) is 14.2 Å². The first kappa shape index (κ1) is 20.6. The van der Waals surface area contributed by atoms with Crippen molar-refractivity contribution in [1.29, 1.82) is 0 Å². The molecule has 0 saturated carbocycles. The van der Waals surface area contributed by atoms with Gasteiger partial charge in [0, 0.05) is 5.39 Å². The molecule has 33 heavy (non-hydrogen) atoms. The predicted octanol–water partition coefficient (Wildman–Crippen LogP) is 5.25. The Balaban J connectivity index is 1.43. The van der Waals surface area contributed by atoms with E-state index < -0.39 is 24.3 Å². The number of carbonyl (C=O) groups is 2. The highest BCUT2D eigenvalue weighted by Gasteiger charge is 2.28. The number of ether oxygens (including phenoxy) is 1. The molecule has 2 aromatic heterocycles. The summed E-state index contributed by atoms with van der Waals surface area (Å²) in [4.78, 5) is 30.1. The average molecular weight is 442 g/mol. The summed E-state index contributed by atoms with van der Waals surface area (Å²) in [7, 11) is 0. The van der Waals surface area contributed by atoms with E-state index in [-0.39, 0.29) is 5.69 Å². The van der Waals surface area contributed by atoms with Gasteiger partial charge in [0.05, 0.1) is 28.7 Å². The number of anilines is 1. The van der Waals surface area contributed by atoms with E-state index in [1.807, 2.05) is 42.5 Å². The van der Waals surface area contributed by atoms with E-state index in [9.17, 15) is 14.0 Å². The third-order valence-corrected chi connectivity index (χ3v) is 5.49. The van der Waals surface area contributed by atoms with E-state index in [4.69, 9.17) is 14.1 Å². The number of nitrogens with zero attached hydrogens (tertiary/aromatic N) is 1. The Labute approximate surface area is 188 Å². The molecule has 0 aliphatic heterocycles. The number of halogens is 1. The molecular weight excluding hydrogens is 423 g/mol. The van der Waals surface area contributed by atoms with E-state index in [1.165, 1.54) is 18.2 Å². The molecular formula is C26H19FN2O4. The van der Waals surface area contributed by atoms with E-state index in [1.54, 1.807) is 12.3 Å². The van der Waals surface area contributed by atoms with Crippen molar-refractivity contribution >= 4 is 40.1 Å². The second kappa shape index (κ2) is 8.70. The van der Waals surface area contributed by atoms with Crippen molar-refractivity contribution in [3.05, 3.63) is 95.3 Å². The van der Waals surface area contributed by atoms with Crippen molar-refractivity contribution in [3.63, 3.8) is 0 Å². The number of carbonyl (C=O) groups excluding carboxylic acids is 2. The maximum Gasteiger partial charge on any atom is 0.339 e. The summed E-state index contributed by atoms with van der Waals surface area (Å²) in [6, 6.07) is 16.8. The number of aromatic nitrogens is 1. The van der Waals surface area contributed by atoms with Crippen molar-refractivity contribution in [2.45, 2.75) is 12.8 Å². The van der Waals surface area contributed by atoms with Gasteiger partial charge in [-0.1, -0.05) is 30.3 Å². The first-order valence-corrected chi connectivity index (χ1v) is 10.5. The van der Waals surface area contributed by atoms with Crippen LogP contribution in [0, 0.1) is 5.82 Å². The highest BCUT2D eigenvalue weighted by atomic mass is 19.1. The topological polar surface area (TPSA) is 81.4 Å². The van der Waals surface area contributed by atoms with Crippen LogP contribution in [0.15, 0.2) is 71.3 Å². The molecule has 1 amide bonds. The molecule has 0 bridgehead atoms. The number of nitrogens with one attached hydrogen (secondary N) is 1. The summed E-state index contributed by atoms with van der Waals surface area (Å²) in [6.07, 6.45) is 4.84. The number of para-hydroxylation sites is 2. The molecule has 7 heteroatoms. The van der Waals surface area contributed by atoms with Crippen LogP contribution in [0.4, 0.5) is 10.1 Å². The number of fused-ring (bicyclic) bond motifs is 2. The zero-order valence-corrected chi connectivity index (χ0v) is 17.5. The van der Waals surface area contributed by atoms with E-state index in [2.05, 4.69) is 5.32 Å². The number of pyridine rings is 1. The molecule has 5 rings (SSSR count). The second-order valence-electron chi connectivity index (χ2n) is 7.62. The Kier molecular flexibility index (Phi) is 5.44. The lowest BCUT2D eigenvalue weighted by Crippen LogP contribution is -2.22. The van der Waals surface area contributed by atoms with Crippen molar-refractivity contribution in [3.8, 4) is 0 Å². The molecule has 4 aromatic rings. The van der Waals surface area contributed by atoms with Crippen molar-refractivity contribution in [1.82, 2.24) is 4.98 Å². The molecule has 1 N–H and O–H groups in total. The Morgan fingerprint density at radius 2 is 1.88 bits per heavy atom. The number of hydrogen-bond acceptors (Lipinski definition) is 5. The molecule has 0 radical (unpaired) electrons. The van der Waals surface area contributed by atoms with Gasteiger partial charge in [0.1, 0.15) is 11.6 Å². The molecule has 0 fully saturated rings. The summed E-state index contributed by atoms with van der Waals surface area (Å²) in [5.74, 6) is -1.10. The van der Waals surface area contributed by atoms with Crippen molar-refractivity contribution in [2.75, 3.05) is 11.9 Å².